The van der Waals surface area contributed by atoms with Crippen molar-refractivity contribution < 1.29 is 8.78 Å². The minimum absolute atomic E-state index is 0.216. The average molecular weight is 326 g/mol. The van der Waals surface area contributed by atoms with Crippen LogP contribution in [0, 0.1) is 11.6 Å². The van der Waals surface area contributed by atoms with Crippen molar-refractivity contribution in [3.8, 4) is 0 Å². The van der Waals surface area contributed by atoms with Crippen LogP contribution in [0.2, 0.25) is 0 Å². The van der Waals surface area contributed by atoms with E-state index in [1.54, 1.807) is 18.2 Å². The molecule has 0 bridgehead atoms. The summed E-state index contributed by atoms with van der Waals surface area (Å²) >= 11 is 3.33. The van der Waals surface area contributed by atoms with Gasteiger partial charge in [0.2, 0.25) is 0 Å². The Morgan fingerprint density at radius 1 is 0.947 bits per heavy atom. The molecule has 0 unspecified atom stereocenters. The standard InChI is InChI=1S/C15H14BrF2N/c16-15-9-14(18)6-3-12(15)10-19-8-7-11-1-4-13(17)5-2-11/h1-6,9,19H,7-8,10H2. The summed E-state index contributed by atoms with van der Waals surface area (Å²) < 4.78 is 26.4. The van der Waals surface area contributed by atoms with Crippen LogP contribution in [0.4, 0.5) is 8.78 Å². The second-order valence-electron chi connectivity index (χ2n) is 4.29. The van der Waals surface area contributed by atoms with Gasteiger partial charge in [0, 0.05) is 11.0 Å². The van der Waals surface area contributed by atoms with Crippen LogP contribution in [-0.4, -0.2) is 6.54 Å². The second-order valence-corrected chi connectivity index (χ2v) is 5.14. The molecule has 0 atom stereocenters. The van der Waals surface area contributed by atoms with Gasteiger partial charge in [0.05, 0.1) is 0 Å². The van der Waals surface area contributed by atoms with E-state index in [0.717, 1.165) is 28.6 Å². The van der Waals surface area contributed by atoms with Gasteiger partial charge in [0.25, 0.3) is 0 Å². The predicted molar refractivity (Wildman–Crippen MR) is 75.9 cm³/mol. The van der Waals surface area contributed by atoms with Crippen LogP contribution >= 0.6 is 15.9 Å². The van der Waals surface area contributed by atoms with Crippen LogP contribution in [0.5, 0.6) is 0 Å². The Balaban J connectivity index is 1.79. The molecule has 0 aliphatic heterocycles. The van der Waals surface area contributed by atoms with Crippen molar-refractivity contribution in [1.82, 2.24) is 5.32 Å². The van der Waals surface area contributed by atoms with Gasteiger partial charge in [-0.3, -0.25) is 0 Å². The molecule has 4 heteroatoms. The first-order chi connectivity index (χ1) is 9.15. The lowest BCUT2D eigenvalue weighted by Crippen LogP contribution is -2.17. The highest BCUT2D eigenvalue weighted by Crippen LogP contribution is 2.17. The Kier molecular flexibility index (Phi) is 5.05. The van der Waals surface area contributed by atoms with Crippen molar-refractivity contribution in [3.63, 3.8) is 0 Å². The first-order valence-corrected chi connectivity index (χ1v) is 6.83. The zero-order chi connectivity index (χ0) is 13.7. The van der Waals surface area contributed by atoms with Crippen LogP contribution < -0.4 is 5.32 Å². The third kappa shape index (κ3) is 4.40. The van der Waals surface area contributed by atoms with E-state index in [1.165, 1.54) is 24.3 Å². The van der Waals surface area contributed by atoms with Crippen molar-refractivity contribution in [1.29, 1.82) is 0 Å². The van der Waals surface area contributed by atoms with E-state index in [9.17, 15) is 8.78 Å². The van der Waals surface area contributed by atoms with Gasteiger partial charge in [-0.05, 0) is 48.4 Å². The smallest absolute Gasteiger partial charge is 0.124 e. The summed E-state index contributed by atoms with van der Waals surface area (Å²) in [4.78, 5) is 0. The number of halogens is 3. The fraction of sp³-hybridized carbons (Fsp3) is 0.200. The Bertz CT molecular complexity index is 540. The van der Waals surface area contributed by atoms with Crippen LogP contribution in [0.1, 0.15) is 11.1 Å². The lowest BCUT2D eigenvalue weighted by atomic mass is 10.1. The number of nitrogens with one attached hydrogen (secondary N) is 1. The molecule has 0 heterocycles. The summed E-state index contributed by atoms with van der Waals surface area (Å²) in [6.45, 7) is 1.46. The minimum atomic E-state index is -0.248. The second kappa shape index (κ2) is 6.78. The van der Waals surface area contributed by atoms with Gasteiger partial charge in [-0.1, -0.05) is 34.1 Å². The molecule has 19 heavy (non-hydrogen) atoms. The summed E-state index contributed by atoms with van der Waals surface area (Å²) in [6, 6.07) is 11.1. The normalized spacial score (nSPS) is 10.7. The van der Waals surface area contributed by atoms with Crippen LogP contribution in [0.25, 0.3) is 0 Å². The first kappa shape index (κ1) is 14.2. The van der Waals surface area contributed by atoms with Crippen molar-refractivity contribution in [2.75, 3.05) is 6.54 Å². The molecular formula is C15H14BrF2N. The molecular weight excluding hydrogens is 312 g/mol. The van der Waals surface area contributed by atoms with Crippen LogP contribution in [0.15, 0.2) is 46.9 Å². The van der Waals surface area contributed by atoms with E-state index in [4.69, 9.17) is 0 Å². The molecule has 2 aromatic carbocycles. The molecule has 0 aliphatic carbocycles. The van der Waals surface area contributed by atoms with Gasteiger partial charge >= 0.3 is 0 Å². The molecule has 0 fully saturated rings. The predicted octanol–water partition coefficient (Wildman–Crippen LogP) is 4.06. The molecule has 0 radical (unpaired) electrons. The molecule has 2 aromatic rings. The van der Waals surface area contributed by atoms with E-state index in [2.05, 4.69) is 21.2 Å². The largest absolute Gasteiger partial charge is 0.312 e. The molecule has 0 amide bonds. The Morgan fingerprint density at radius 3 is 2.32 bits per heavy atom. The summed E-state index contributed by atoms with van der Waals surface area (Å²) in [5.41, 5.74) is 2.10. The maximum Gasteiger partial charge on any atom is 0.124 e. The summed E-state index contributed by atoms with van der Waals surface area (Å²) in [7, 11) is 0. The summed E-state index contributed by atoms with van der Waals surface area (Å²) in [6.07, 6.45) is 0.832. The van der Waals surface area contributed by atoms with Crippen molar-refractivity contribution in [2.24, 2.45) is 0 Å². The molecule has 0 aliphatic rings. The highest BCUT2D eigenvalue weighted by atomic mass is 79.9. The lowest BCUT2D eigenvalue weighted by molar-refractivity contribution is 0.622. The number of benzene rings is 2. The average Bonchev–Trinajstić information content (AvgIpc) is 2.39. The van der Waals surface area contributed by atoms with Crippen LogP contribution in [0.3, 0.4) is 0 Å². The molecule has 0 spiro atoms. The zero-order valence-electron chi connectivity index (χ0n) is 10.3. The number of hydrogen-bond acceptors (Lipinski definition) is 1. The number of rotatable bonds is 5. The summed E-state index contributed by atoms with van der Waals surface area (Å²) in [5.74, 6) is -0.464. The fourth-order valence-electron chi connectivity index (χ4n) is 1.77. The highest BCUT2D eigenvalue weighted by molar-refractivity contribution is 9.10. The van der Waals surface area contributed by atoms with E-state index in [-0.39, 0.29) is 11.6 Å². The summed E-state index contributed by atoms with van der Waals surface area (Å²) in [5, 5.41) is 3.28. The molecule has 2 rings (SSSR count). The zero-order valence-corrected chi connectivity index (χ0v) is 11.9. The fourth-order valence-corrected chi connectivity index (χ4v) is 2.26. The third-order valence-corrected chi connectivity index (χ3v) is 3.57. The van der Waals surface area contributed by atoms with Gasteiger partial charge in [-0.2, -0.15) is 0 Å². The maximum atomic E-state index is 12.9. The molecule has 1 N–H and O–H groups in total. The quantitative estimate of drug-likeness (QED) is 0.817. The minimum Gasteiger partial charge on any atom is -0.312 e. The van der Waals surface area contributed by atoms with Crippen molar-refractivity contribution in [2.45, 2.75) is 13.0 Å². The van der Waals surface area contributed by atoms with E-state index >= 15 is 0 Å². The topological polar surface area (TPSA) is 12.0 Å². The molecule has 0 aromatic heterocycles. The Hall–Kier alpha value is -1.26. The molecule has 100 valence electrons. The number of hydrogen-bond donors (Lipinski definition) is 1. The molecule has 0 saturated heterocycles. The van der Waals surface area contributed by atoms with Crippen molar-refractivity contribution in [3.05, 3.63) is 69.7 Å². The van der Waals surface area contributed by atoms with E-state index < -0.39 is 0 Å². The van der Waals surface area contributed by atoms with Gasteiger partial charge in [-0.15, -0.1) is 0 Å². The van der Waals surface area contributed by atoms with Gasteiger partial charge in [0.15, 0.2) is 0 Å². The SMILES string of the molecule is Fc1ccc(CCNCc2ccc(F)cc2Br)cc1. The Morgan fingerprint density at radius 2 is 1.63 bits per heavy atom. The van der Waals surface area contributed by atoms with Gasteiger partial charge in [0.1, 0.15) is 11.6 Å². The van der Waals surface area contributed by atoms with E-state index in [0.29, 0.717) is 6.54 Å². The molecule has 0 saturated carbocycles. The van der Waals surface area contributed by atoms with Crippen molar-refractivity contribution >= 4 is 15.9 Å². The van der Waals surface area contributed by atoms with Crippen LogP contribution in [-0.2, 0) is 13.0 Å². The van der Waals surface area contributed by atoms with Gasteiger partial charge < -0.3 is 5.32 Å². The maximum absolute atomic E-state index is 12.9. The monoisotopic (exact) mass is 325 g/mol. The Labute approximate surface area is 119 Å². The first-order valence-electron chi connectivity index (χ1n) is 6.04. The lowest BCUT2D eigenvalue weighted by Gasteiger charge is -2.07. The van der Waals surface area contributed by atoms with Gasteiger partial charge in [-0.25, -0.2) is 8.78 Å². The molecule has 1 nitrogen and oxygen atoms in total. The highest BCUT2D eigenvalue weighted by Gasteiger charge is 2.01. The van der Waals surface area contributed by atoms with E-state index in [1.807, 2.05) is 0 Å². The third-order valence-electron chi connectivity index (χ3n) is 2.83.